The first kappa shape index (κ1) is 22.9. The lowest BCUT2D eigenvalue weighted by molar-refractivity contribution is -0.137. The molecule has 0 heterocycles. The van der Waals surface area contributed by atoms with E-state index in [1.165, 1.54) is 33.5 Å². The van der Waals surface area contributed by atoms with Gasteiger partial charge in [-0.15, -0.1) is 0 Å². The van der Waals surface area contributed by atoms with Crippen LogP contribution in [0.15, 0.2) is 36.4 Å². The summed E-state index contributed by atoms with van der Waals surface area (Å²) in [6.45, 7) is 0.178. The summed E-state index contributed by atoms with van der Waals surface area (Å²) in [5.41, 5.74) is -0.491. The molecule has 2 amide bonds. The van der Waals surface area contributed by atoms with Crippen molar-refractivity contribution >= 4 is 11.8 Å². The molecular weight excluding hydrogens is 405 g/mol. The smallest absolute Gasteiger partial charge is 0.416 e. The Morgan fingerprint density at radius 1 is 0.800 bits per heavy atom. The van der Waals surface area contributed by atoms with Crippen molar-refractivity contribution in [2.45, 2.75) is 6.18 Å². The zero-order valence-electron chi connectivity index (χ0n) is 16.6. The molecule has 0 aliphatic heterocycles. The molecule has 10 heteroatoms. The molecule has 0 atom stereocenters. The minimum Gasteiger partial charge on any atom is -0.493 e. The summed E-state index contributed by atoms with van der Waals surface area (Å²) in [6.07, 6.45) is -4.47. The minimum atomic E-state index is -4.47. The number of ether oxygens (including phenoxy) is 3. The van der Waals surface area contributed by atoms with E-state index in [-0.39, 0.29) is 24.2 Å². The molecule has 0 saturated carbocycles. The molecule has 2 aromatic carbocycles. The summed E-state index contributed by atoms with van der Waals surface area (Å²) < 4.78 is 53.3. The molecule has 30 heavy (non-hydrogen) atoms. The molecule has 0 aromatic heterocycles. The maximum atomic E-state index is 12.6. The maximum absolute atomic E-state index is 12.6. The summed E-state index contributed by atoms with van der Waals surface area (Å²) >= 11 is 0. The molecule has 0 fully saturated rings. The van der Waals surface area contributed by atoms with Crippen LogP contribution in [0.1, 0.15) is 26.3 Å². The van der Waals surface area contributed by atoms with Crippen molar-refractivity contribution in [3.05, 3.63) is 53.1 Å². The maximum Gasteiger partial charge on any atom is 0.416 e. The van der Waals surface area contributed by atoms with Crippen LogP contribution in [0.5, 0.6) is 17.2 Å². The molecule has 7 nitrogen and oxygen atoms in total. The van der Waals surface area contributed by atoms with Gasteiger partial charge in [-0.2, -0.15) is 13.2 Å². The summed E-state index contributed by atoms with van der Waals surface area (Å²) in [4.78, 5) is 24.4. The normalized spacial score (nSPS) is 10.9. The largest absolute Gasteiger partial charge is 0.493 e. The van der Waals surface area contributed by atoms with Crippen molar-refractivity contribution < 1.29 is 37.0 Å². The van der Waals surface area contributed by atoms with Crippen molar-refractivity contribution in [2.75, 3.05) is 34.4 Å². The highest BCUT2D eigenvalue weighted by Gasteiger charge is 2.30. The van der Waals surface area contributed by atoms with Gasteiger partial charge >= 0.3 is 6.18 Å². The number of hydrogen-bond donors (Lipinski definition) is 2. The molecule has 2 aromatic rings. The Kier molecular flexibility index (Phi) is 7.51. The van der Waals surface area contributed by atoms with Crippen LogP contribution in [0.4, 0.5) is 13.2 Å². The van der Waals surface area contributed by atoms with E-state index in [0.29, 0.717) is 17.2 Å². The Morgan fingerprint density at radius 2 is 1.27 bits per heavy atom. The molecular formula is C20H21F3N2O5. The van der Waals surface area contributed by atoms with E-state index in [1.807, 2.05) is 0 Å². The van der Waals surface area contributed by atoms with Gasteiger partial charge in [0, 0.05) is 24.2 Å². The van der Waals surface area contributed by atoms with E-state index in [1.54, 1.807) is 0 Å². The van der Waals surface area contributed by atoms with Crippen LogP contribution < -0.4 is 24.8 Å². The zero-order chi connectivity index (χ0) is 22.3. The third-order valence-electron chi connectivity index (χ3n) is 4.10. The fraction of sp³-hybridized carbons (Fsp3) is 0.300. The van der Waals surface area contributed by atoms with Gasteiger partial charge in [-0.05, 0) is 36.4 Å². The molecule has 0 radical (unpaired) electrons. The number of carbonyl (C=O) groups excluding carboxylic acids is 2. The SMILES string of the molecule is COc1cc(C(=O)NCCNC(=O)c2ccc(C(F)(F)F)cc2)cc(OC)c1OC. The van der Waals surface area contributed by atoms with Crippen molar-refractivity contribution in [3.8, 4) is 17.2 Å². The van der Waals surface area contributed by atoms with Gasteiger partial charge in [0.25, 0.3) is 11.8 Å². The molecule has 2 rings (SSSR count). The quantitative estimate of drug-likeness (QED) is 0.634. The minimum absolute atomic E-state index is 0.0794. The van der Waals surface area contributed by atoms with Gasteiger partial charge < -0.3 is 24.8 Å². The van der Waals surface area contributed by atoms with Crippen LogP contribution in [-0.2, 0) is 6.18 Å². The second-order valence-corrected chi connectivity index (χ2v) is 6.00. The van der Waals surface area contributed by atoms with Gasteiger partial charge in [0.15, 0.2) is 11.5 Å². The second kappa shape index (κ2) is 9.86. The third-order valence-corrected chi connectivity index (χ3v) is 4.10. The number of nitrogens with one attached hydrogen (secondary N) is 2. The lowest BCUT2D eigenvalue weighted by atomic mass is 10.1. The topological polar surface area (TPSA) is 85.9 Å². The standard InChI is InChI=1S/C20H21F3N2O5/c1-28-15-10-13(11-16(29-2)17(15)30-3)19(27)25-9-8-24-18(26)12-4-6-14(7-5-12)20(21,22)23/h4-7,10-11H,8-9H2,1-3H3,(H,24,26)(H,25,27). The van der Waals surface area contributed by atoms with Gasteiger partial charge in [-0.1, -0.05) is 0 Å². The number of alkyl halides is 3. The van der Waals surface area contributed by atoms with Crippen LogP contribution in [0, 0.1) is 0 Å². The van der Waals surface area contributed by atoms with E-state index in [9.17, 15) is 22.8 Å². The monoisotopic (exact) mass is 426 g/mol. The first-order chi connectivity index (χ1) is 14.2. The summed E-state index contributed by atoms with van der Waals surface area (Å²) in [7, 11) is 4.30. The van der Waals surface area contributed by atoms with Gasteiger partial charge in [-0.25, -0.2) is 0 Å². The molecule has 0 spiro atoms. The number of amides is 2. The van der Waals surface area contributed by atoms with E-state index < -0.39 is 23.6 Å². The summed E-state index contributed by atoms with van der Waals surface area (Å²) in [5.74, 6) is -0.000593. The van der Waals surface area contributed by atoms with Gasteiger partial charge in [0.1, 0.15) is 0 Å². The van der Waals surface area contributed by atoms with E-state index >= 15 is 0 Å². The van der Waals surface area contributed by atoms with Gasteiger partial charge in [0.2, 0.25) is 5.75 Å². The Labute approximate surface area is 171 Å². The number of halogens is 3. The van der Waals surface area contributed by atoms with Crippen LogP contribution in [0.25, 0.3) is 0 Å². The summed E-state index contributed by atoms with van der Waals surface area (Å²) in [6, 6.07) is 6.82. The van der Waals surface area contributed by atoms with Gasteiger partial charge in [-0.3, -0.25) is 9.59 Å². The molecule has 0 aliphatic carbocycles. The number of hydrogen-bond acceptors (Lipinski definition) is 5. The first-order valence-electron chi connectivity index (χ1n) is 8.75. The fourth-order valence-corrected chi connectivity index (χ4v) is 2.58. The van der Waals surface area contributed by atoms with E-state index in [0.717, 1.165) is 24.3 Å². The highest BCUT2D eigenvalue weighted by molar-refractivity contribution is 5.96. The number of rotatable bonds is 8. The number of benzene rings is 2. The average Bonchev–Trinajstić information content (AvgIpc) is 2.74. The van der Waals surface area contributed by atoms with Crippen LogP contribution in [0.3, 0.4) is 0 Å². The summed E-state index contributed by atoms with van der Waals surface area (Å²) in [5, 5.41) is 5.14. The molecule has 0 bridgehead atoms. The second-order valence-electron chi connectivity index (χ2n) is 6.00. The predicted molar refractivity (Wildman–Crippen MR) is 102 cm³/mol. The lowest BCUT2D eigenvalue weighted by Crippen LogP contribution is -2.34. The highest BCUT2D eigenvalue weighted by atomic mass is 19.4. The third kappa shape index (κ3) is 5.56. The van der Waals surface area contributed by atoms with Crippen molar-refractivity contribution in [3.63, 3.8) is 0 Å². The lowest BCUT2D eigenvalue weighted by Gasteiger charge is -2.14. The predicted octanol–water partition coefficient (Wildman–Crippen LogP) is 2.89. The average molecular weight is 426 g/mol. The Bertz CT molecular complexity index is 873. The van der Waals surface area contributed by atoms with Crippen LogP contribution >= 0.6 is 0 Å². The number of methoxy groups -OCH3 is 3. The Hall–Kier alpha value is -3.43. The van der Waals surface area contributed by atoms with Gasteiger partial charge in [0.05, 0.1) is 26.9 Å². The molecule has 0 unspecified atom stereocenters. The van der Waals surface area contributed by atoms with E-state index in [2.05, 4.69) is 10.6 Å². The molecule has 162 valence electrons. The van der Waals surface area contributed by atoms with Crippen molar-refractivity contribution in [2.24, 2.45) is 0 Å². The van der Waals surface area contributed by atoms with Crippen LogP contribution in [0.2, 0.25) is 0 Å². The van der Waals surface area contributed by atoms with Crippen molar-refractivity contribution in [1.29, 1.82) is 0 Å². The zero-order valence-corrected chi connectivity index (χ0v) is 16.6. The Balaban J connectivity index is 1.91. The fourth-order valence-electron chi connectivity index (χ4n) is 2.58. The van der Waals surface area contributed by atoms with Crippen LogP contribution in [-0.4, -0.2) is 46.2 Å². The highest BCUT2D eigenvalue weighted by Crippen LogP contribution is 2.38. The first-order valence-corrected chi connectivity index (χ1v) is 8.75. The van der Waals surface area contributed by atoms with E-state index in [4.69, 9.17) is 14.2 Å². The molecule has 0 aliphatic rings. The van der Waals surface area contributed by atoms with Crippen molar-refractivity contribution in [1.82, 2.24) is 10.6 Å². The molecule has 0 saturated heterocycles. The Morgan fingerprint density at radius 3 is 1.67 bits per heavy atom. The molecule has 2 N–H and O–H groups in total. The number of carbonyl (C=O) groups is 2.